The minimum atomic E-state index is -0.0137. The zero-order valence-electron chi connectivity index (χ0n) is 13.4. The Labute approximate surface area is 146 Å². The second-order valence-electron chi connectivity index (χ2n) is 5.92. The lowest BCUT2D eigenvalue weighted by Crippen LogP contribution is -2.26. The third kappa shape index (κ3) is 5.23. The second kappa shape index (κ2) is 8.15. The fourth-order valence-electron chi connectivity index (χ4n) is 2.31. The smallest absolute Gasteiger partial charge is 0.223 e. The maximum Gasteiger partial charge on any atom is 0.223 e. The van der Waals surface area contributed by atoms with Crippen molar-refractivity contribution in [2.75, 3.05) is 13.2 Å². The number of amides is 1. The van der Waals surface area contributed by atoms with Crippen LogP contribution in [0.4, 0.5) is 0 Å². The highest BCUT2D eigenvalue weighted by Gasteiger charge is 2.27. The van der Waals surface area contributed by atoms with E-state index in [1.807, 2.05) is 0 Å². The van der Waals surface area contributed by atoms with Crippen molar-refractivity contribution in [3.05, 3.63) is 40.9 Å². The predicted octanol–water partition coefficient (Wildman–Crippen LogP) is 2.85. The van der Waals surface area contributed by atoms with Crippen molar-refractivity contribution in [1.29, 1.82) is 0 Å². The molecule has 1 aliphatic rings. The van der Waals surface area contributed by atoms with Crippen molar-refractivity contribution >= 4 is 17.5 Å². The van der Waals surface area contributed by atoms with E-state index in [1.54, 1.807) is 24.3 Å². The van der Waals surface area contributed by atoms with E-state index in [-0.39, 0.29) is 5.91 Å². The first-order chi connectivity index (χ1) is 11.7. The molecule has 0 radical (unpaired) electrons. The van der Waals surface area contributed by atoms with Gasteiger partial charge in [-0.3, -0.25) is 9.89 Å². The van der Waals surface area contributed by atoms with Gasteiger partial charge in [-0.2, -0.15) is 5.10 Å². The molecule has 0 saturated heterocycles. The van der Waals surface area contributed by atoms with Crippen molar-refractivity contribution in [2.24, 2.45) is 0 Å². The summed E-state index contributed by atoms with van der Waals surface area (Å²) in [5.41, 5.74) is 0. The Hall–Kier alpha value is -2.08. The van der Waals surface area contributed by atoms with Gasteiger partial charge in [0.2, 0.25) is 5.91 Å². The number of ether oxygens (including phenoxy) is 1. The predicted molar refractivity (Wildman–Crippen MR) is 91.3 cm³/mol. The molecule has 1 fully saturated rings. The lowest BCUT2D eigenvalue weighted by molar-refractivity contribution is -0.121. The van der Waals surface area contributed by atoms with Crippen LogP contribution in [-0.4, -0.2) is 34.2 Å². The van der Waals surface area contributed by atoms with E-state index in [1.165, 1.54) is 12.8 Å². The monoisotopic (exact) mass is 348 g/mol. The number of aryl methyl sites for hydroxylation is 1. The summed E-state index contributed by atoms with van der Waals surface area (Å²) in [5.74, 6) is 3.10. The van der Waals surface area contributed by atoms with Crippen LogP contribution in [0.3, 0.4) is 0 Å². The molecular weight excluding hydrogens is 328 g/mol. The molecule has 1 aromatic heterocycles. The van der Waals surface area contributed by atoms with Gasteiger partial charge in [0, 0.05) is 23.9 Å². The highest BCUT2D eigenvalue weighted by atomic mass is 35.5. The molecule has 1 heterocycles. The lowest BCUT2D eigenvalue weighted by Gasteiger charge is -2.07. The van der Waals surface area contributed by atoms with Crippen molar-refractivity contribution in [3.63, 3.8) is 0 Å². The lowest BCUT2D eigenvalue weighted by atomic mass is 10.3. The van der Waals surface area contributed by atoms with Crippen LogP contribution < -0.4 is 10.1 Å². The largest absolute Gasteiger partial charge is 0.493 e. The van der Waals surface area contributed by atoms with E-state index in [0.717, 1.165) is 24.5 Å². The van der Waals surface area contributed by atoms with Crippen LogP contribution >= 0.6 is 11.6 Å². The summed E-state index contributed by atoms with van der Waals surface area (Å²) < 4.78 is 5.50. The number of aromatic nitrogens is 3. The van der Waals surface area contributed by atoms with E-state index in [2.05, 4.69) is 20.5 Å². The summed E-state index contributed by atoms with van der Waals surface area (Å²) in [5, 5.41) is 10.7. The first kappa shape index (κ1) is 16.8. The van der Waals surface area contributed by atoms with Gasteiger partial charge in [-0.05, 0) is 43.5 Å². The molecule has 1 saturated carbocycles. The number of carbonyl (C=O) groups is 1. The van der Waals surface area contributed by atoms with E-state index in [9.17, 15) is 4.79 Å². The summed E-state index contributed by atoms with van der Waals surface area (Å²) in [6, 6.07) is 7.09. The summed E-state index contributed by atoms with van der Waals surface area (Å²) >= 11 is 5.80. The Morgan fingerprint density at radius 3 is 2.88 bits per heavy atom. The molecule has 2 N–H and O–H groups in total. The highest BCUT2D eigenvalue weighted by molar-refractivity contribution is 6.30. The Bertz CT molecular complexity index is 667. The summed E-state index contributed by atoms with van der Waals surface area (Å²) in [7, 11) is 0. The van der Waals surface area contributed by atoms with Gasteiger partial charge in [0.15, 0.2) is 5.82 Å². The number of rotatable bonds is 9. The molecule has 6 nitrogen and oxygen atoms in total. The van der Waals surface area contributed by atoms with Crippen LogP contribution in [0.15, 0.2) is 24.3 Å². The van der Waals surface area contributed by atoms with Crippen molar-refractivity contribution < 1.29 is 9.53 Å². The van der Waals surface area contributed by atoms with Gasteiger partial charge < -0.3 is 10.1 Å². The minimum Gasteiger partial charge on any atom is -0.493 e. The van der Waals surface area contributed by atoms with Crippen LogP contribution in [0.25, 0.3) is 0 Å². The Balaban J connectivity index is 1.26. The minimum absolute atomic E-state index is 0.0137. The number of H-pyrrole nitrogens is 1. The fraction of sp³-hybridized carbons (Fsp3) is 0.471. The van der Waals surface area contributed by atoms with Crippen molar-refractivity contribution in [1.82, 2.24) is 20.5 Å². The highest BCUT2D eigenvalue weighted by Crippen LogP contribution is 2.37. The van der Waals surface area contributed by atoms with Crippen LogP contribution in [-0.2, 0) is 11.2 Å². The zero-order chi connectivity index (χ0) is 16.8. The molecular formula is C17H21ClN4O2. The Morgan fingerprint density at radius 2 is 2.12 bits per heavy atom. The molecule has 1 aliphatic carbocycles. The zero-order valence-corrected chi connectivity index (χ0v) is 14.2. The molecule has 7 heteroatoms. The van der Waals surface area contributed by atoms with E-state index in [4.69, 9.17) is 16.3 Å². The SMILES string of the molecule is O=C(CCOc1ccc(Cl)cc1)NCCCc1nc(C2CC2)n[nH]1. The third-order valence-electron chi connectivity index (χ3n) is 3.82. The number of carbonyl (C=O) groups excluding carboxylic acids is 1. The molecule has 1 amide bonds. The molecule has 0 unspecified atom stereocenters. The topological polar surface area (TPSA) is 79.9 Å². The number of halogens is 1. The van der Waals surface area contributed by atoms with Crippen molar-refractivity contribution in [2.45, 2.75) is 38.0 Å². The molecule has 1 aromatic carbocycles. The fourth-order valence-corrected chi connectivity index (χ4v) is 2.44. The molecule has 0 atom stereocenters. The average molecular weight is 349 g/mol. The quantitative estimate of drug-likeness (QED) is 0.683. The Morgan fingerprint density at radius 1 is 1.33 bits per heavy atom. The second-order valence-corrected chi connectivity index (χ2v) is 6.36. The van der Waals surface area contributed by atoms with Gasteiger partial charge in [0.25, 0.3) is 0 Å². The summed E-state index contributed by atoms with van der Waals surface area (Å²) in [6.07, 6.45) is 4.36. The van der Waals surface area contributed by atoms with Gasteiger partial charge in [-0.1, -0.05) is 11.6 Å². The summed E-state index contributed by atoms with van der Waals surface area (Å²) in [6.45, 7) is 0.972. The number of nitrogens with one attached hydrogen (secondary N) is 2. The maximum atomic E-state index is 11.8. The van der Waals surface area contributed by atoms with E-state index in [0.29, 0.717) is 36.3 Å². The van der Waals surface area contributed by atoms with Crippen LogP contribution in [0.1, 0.15) is 43.3 Å². The molecule has 0 spiro atoms. The van der Waals surface area contributed by atoms with Crippen LogP contribution in [0.2, 0.25) is 5.02 Å². The van der Waals surface area contributed by atoms with E-state index >= 15 is 0 Å². The molecule has 128 valence electrons. The Kier molecular flexibility index (Phi) is 5.69. The maximum absolute atomic E-state index is 11.8. The van der Waals surface area contributed by atoms with Crippen LogP contribution in [0, 0.1) is 0 Å². The number of hydrogen-bond acceptors (Lipinski definition) is 4. The molecule has 0 aliphatic heterocycles. The third-order valence-corrected chi connectivity index (χ3v) is 4.07. The van der Waals surface area contributed by atoms with Gasteiger partial charge >= 0.3 is 0 Å². The normalized spacial score (nSPS) is 13.7. The number of hydrogen-bond donors (Lipinski definition) is 2. The number of benzene rings is 1. The van der Waals surface area contributed by atoms with E-state index < -0.39 is 0 Å². The molecule has 0 bridgehead atoms. The number of nitrogens with zero attached hydrogens (tertiary/aromatic N) is 2. The summed E-state index contributed by atoms with van der Waals surface area (Å²) in [4.78, 5) is 16.2. The number of aromatic amines is 1. The van der Waals surface area contributed by atoms with Crippen molar-refractivity contribution in [3.8, 4) is 5.75 Å². The molecule has 3 rings (SSSR count). The molecule has 2 aromatic rings. The van der Waals surface area contributed by atoms with Gasteiger partial charge in [-0.25, -0.2) is 4.98 Å². The van der Waals surface area contributed by atoms with Gasteiger partial charge in [0.1, 0.15) is 11.6 Å². The average Bonchev–Trinajstić information content (AvgIpc) is 3.32. The first-order valence-corrected chi connectivity index (χ1v) is 8.65. The first-order valence-electron chi connectivity index (χ1n) is 8.27. The van der Waals surface area contributed by atoms with Gasteiger partial charge in [0.05, 0.1) is 13.0 Å². The standard InChI is InChI=1S/C17H21ClN4O2/c18-13-5-7-14(8-6-13)24-11-9-16(23)19-10-1-2-15-20-17(22-21-15)12-3-4-12/h5-8,12H,1-4,9-11H2,(H,19,23)(H,20,21,22). The molecule has 24 heavy (non-hydrogen) atoms. The van der Waals surface area contributed by atoms with Gasteiger partial charge in [-0.15, -0.1) is 0 Å². The van der Waals surface area contributed by atoms with Crippen LogP contribution in [0.5, 0.6) is 5.75 Å².